The minimum atomic E-state index is -0.487. The summed E-state index contributed by atoms with van der Waals surface area (Å²) in [6.45, 7) is 3.41. The van der Waals surface area contributed by atoms with Crippen LogP contribution in [0.4, 0.5) is 0 Å². The van der Waals surface area contributed by atoms with Gasteiger partial charge in [0.2, 0.25) is 6.73 Å². The predicted octanol–water partition coefficient (Wildman–Crippen LogP) is -1.11. The second-order valence-electron chi connectivity index (χ2n) is 7.96. The van der Waals surface area contributed by atoms with Crippen molar-refractivity contribution in [1.29, 1.82) is 0 Å². The standard InChI is InChI=1S/C20H26NO5.ClH/c1-13(22)25-12-21(2)9-8-20-7-6-15(23)10-17(20)26-19-16(24-3)5-4-14(11-21)18(19)20;/h4-7,15,17,23H,8-12H2,1-3H3;1H/q+1;/p-1. The van der Waals surface area contributed by atoms with Crippen molar-refractivity contribution in [3.63, 3.8) is 0 Å². The van der Waals surface area contributed by atoms with Gasteiger partial charge in [0.25, 0.3) is 0 Å². The number of carbonyl (C=O) groups excluding carboxylic acids is 1. The van der Waals surface area contributed by atoms with Gasteiger partial charge in [-0.15, -0.1) is 0 Å². The van der Waals surface area contributed by atoms with E-state index in [4.69, 9.17) is 14.2 Å². The van der Waals surface area contributed by atoms with Gasteiger partial charge in [-0.1, -0.05) is 12.2 Å². The predicted molar refractivity (Wildman–Crippen MR) is 94.9 cm³/mol. The van der Waals surface area contributed by atoms with Gasteiger partial charge in [-0.2, -0.15) is 0 Å². The van der Waals surface area contributed by atoms with Crippen LogP contribution in [0.15, 0.2) is 24.3 Å². The average Bonchev–Trinajstić information content (AvgIpc) is 2.87. The summed E-state index contributed by atoms with van der Waals surface area (Å²) in [4.78, 5) is 11.3. The van der Waals surface area contributed by atoms with E-state index in [9.17, 15) is 9.90 Å². The third-order valence-corrected chi connectivity index (χ3v) is 6.00. The van der Waals surface area contributed by atoms with E-state index in [2.05, 4.69) is 19.2 Å². The summed E-state index contributed by atoms with van der Waals surface area (Å²) in [5.74, 6) is 1.28. The molecule has 2 aliphatic heterocycles. The zero-order chi connectivity index (χ0) is 18.5. The lowest BCUT2D eigenvalue weighted by molar-refractivity contribution is -0.938. The number of carbonyl (C=O) groups is 1. The smallest absolute Gasteiger partial charge is 0.306 e. The lowest BCUT2D eigenvalue weighted by Gasteiger charge is -2.37. The first kappa shape index (κ1) is 20.0. The maximum absolute atomic E-state index is 11.3. The number of hydrogen-bond acceptors (Lipinski definition) is 5. The van der Waals surface area contributed by atoms with E-state index in [0.29, 0.717) is 17.6 Å². The lowest BCUT2D eigenvalue weighted by atomic mass is 9.69. The minimum absolute atomic E-state index is 0. The molecule has 0 aromatic heterocycles. The van der Waals surface area contributed by atoms with Gasteiger partial charge in [0, 0.05) is 30.9 Å². The molecule has 148 valence electrons. The number of nitrogens with zero attached hydrogens (tertiary/aromatic N) is 1. The number of ether oxygens (including phenoxy) is 3. The summed E-state index contributed by atoms with van der Waals surface area (Å²) in [6, 6.07) is 4.04. The van der Waals surface area contributed by atoms with Crippen molar-refractivity contribution >= 4 is 5.97 Å². The Bertz CT molecular complexity index is 782. The largest absolute Gasteiger partial charge is 1.00 e. The Labute approximate surface area is 165 Å². The Morgan fingerprint density at radius 3 is 2.93 bits per heavy atom. The molecule has 1 aromatic carbocycles. The topological polar surface area (TPSA) is 65.0 Å². The molecule has 4 atom stereocenters. The zero-order valence-corrected chi connectivity index (χ0v) is 16.7. The Morgan fingerprint density at radius 2 is 2.22 bits per heavy atom. The maximum atomic E-state index is 11.3. The molecule has 0 saturated heterocycles. The molecular formula is C20H26ClNO5. The molecule has 2 heterocycles. The first-order valence-electron chi connectivity index (χ1n) is 9.08. The Balaban J connectivity index is 0.00000210. The number of aliphatic hydroxyl groups is 1. The summed E-state index contributed by atoms with van der Waals surface area (Å²) < 4.78 is 17.8. The molecule has 6 nitrogen and oxygen atoms in total. The molecule has 0 saturated carbocycles. The van der Waals surface area contributed by atoms with Gasteiger partial charge in [0.1, 0.15) is 12.6 Å². The van der Waals surface area contributed by atoms with Crippen molar-refractivity contribution in [2.45, 2.75) is 43.9 Å². The highest BCUT2D eigenvalue weighted by Crippen LogP contribution is 2.56. The van der Waals surface area contributed by atoms with Crippen LogP contribution in [0.1, 0.15) is 30.9 Å². The van der Waals surface area contributed by atoms with Gasteiger partial charge in [-0.05, 0) is 12.1 Å². The van der Waals surface area contributed by atoms with Crippen molar-refractivity contribution in [2.24, 2.45) is 0 Å². The average molecular weight is 396 g/mol. The number of esters is 1. The third kappa shape index (κ3) is 3.20. The molecular weight excluding hydrogens is 370 g/mol. The van der Waals surface area contributed by atoms with Crippen molar-refractivity contribution in [1.82, 2.24) is 0 Å². The Hall–Kier alpha value is -1.76. The van der Waals surface area contributed by atoms with E-state index in [1.54, 1.807) is 7.11 Å². The van der Waals surface area contributed by atoms with Crippen LogP contribution in [0.3, 0.4) is 0 Å². The number of hydrogen-bond donors (Lipinski definition) is 1. The number of benzene rings is 1. The van der Waals surface area contributed by atoms with Gasteiger partial charge in [-0.25, -0.2) is 0 Å². The van der Waals surface area contributed by atoms with Gasteiger partial charge in [0.05, 0.1) is 32.2 Å². The molecule has 1 aromatic rings. The van der Waals surface area contributed by atoms with E-state index >= 15 is 0 Å². The van der Waals surface area contributed by atoms with E-state index in [0.717, 1.165) is 31.0 Å². The van der Waals surface area contributed by atoms with Crippen LogP contribution in [0.2, 0.25) is 0 Å². The van der Waals surface area contributed by atoms with Crippen molar-refractivity contribution in [2.75, 3.05) is 27.4 Å². The summed E-state index contributed by atoms with van der Waals surface area (Å²) >= 11 is 0. The van der Waals surface area contributed by atoms with E-state index in [-0.39, 0.29) is 29.9 Å². The fourth-order valence-electron chi connectivity index (χ4n) is 4.63. The molecule has 1 N–H and O–H groups in total. The second kappa shape index (κ2) is 7.00. The molecule has 7 heteroatoms. The molecule has 0 amide bonds. The molecule has 0 radical (unpaired) electrons. The normalized spacial score (nSPS) is 33.0. The molecule has 0 fully saturated rings. The molecule has 3 aliphatic rings. The van der Waals surface area contributed by atoms with E-state index in [1.807, 2.05) is 12.1 Å². The van der Waals surface area contributed by atoms with Crippen LogP contribution in [0.25, 0.3) is 0 Å². The van der Waals surface area contributed by atoms with Crippen molar-refractivity contribution in [3.05, 3.63) is 35.4 Å². The van der Waals surface area contributed by atoms with Crippen LogP contribution in [0.5, 0.6) is 11.5 Å². The first-order chi connectivity index (χ1) is 12.4. The lowest BCUT2D eigenvalue weighted by Crippen LogP contribution is -3.00. The van der Waals surface area contributed by atoms with Crippen LogP contribution in [0, 0.1) is 0 Å². The molecule has 4 rings (SSSR count). The summed E-state index contributed by atoms with van der Waals surface area (Å²) in [5, 5.41) is 10.1. The Morgan fingerprint density at radius 1 is 1.44 bits per heavy atom. The van der Waals surface area contributed by atoms with Crippen LogP contribution >= 0.6 is 0 Å². The SMILES string of the molecule is COc1ccc2c3c1OC1CC(O)C=CC31CC[N+](C)(COC(C)=O)C2.[Cl-]. The quantitative estimate of drug-likeness (QED) is 0.399. The fraction of sp³-hybridized carbons (Fsp3) is 0.550. The second-order valence-corrected chi connectivity index (χ2v) is 7.96. The maximum Gasteiger partial charge on any atom is 0.306 e. The zero-order valence-electron chi connectivity index (χ0n) is 15.9. The first-order valence-corrected chi connectivity index (χ1v) is 9.08. The Kier molecular flexibility index (Phi) is 5.18. The minimum Gasteiger partial charge on any atom is -1.00 e. The van der Waals surface area contributed by atoms with Crippen LogP contribution in [-0.2, 0) is 21.5 Å². The molecule has 1 spiro atoms. The number of methoxy groups -OCH3 is 1. The van der Waals surface area contributed by atoms with Gasteiger partial charge in [-0.3, -0.25) is 9.28 Å². The fourth-order valence-corrected chi connectivity index (χ4v) is 4.63. The highest BCUT2D eigenvalue weighted by atomic mass is 35.5. The summed E-state index contributed by atoms with van der Waals surface area (Å²) in [7, 11) is 3.77. The van der Waals surface area contributed by atoms with Gasteiger partial charge < -0.3 is 31.7 Å². The number of rotatable bonds is 3. The van der Waals surface area contributed by atoms with E-state index in [1.165, 1.54) is 18.1 Å². The molecule has 27 heavy (non-hydrogen) atoms. The molecule has 1 aliphatic carbocycles. The number of quaternary nitrogens is 1. The van der Waals surface area contributed by atoms with Crippen LogP contribution < -0.4 is 21.9 Å². The van der Waals surface area contributed by atoms with Gasteiger partial charge in [0.15, 0.2) is 11.5 Å². The summed E-state index contributed by atoms with van der Waals surface area (Å²) in [5.41, 5.74) is 2.11. The number of aliphatic hydroxyl groups excluding tert-OH is 1. The van der Waals surface area contributed by atoms with Gasteiger partial charge >= 0.3 is 5.97 Å². The third-order valence-electron chi connectivity index (χ3n) is 6.00. The van der Waals surface area contributed by atoms with E-state index < -0.39 is 6.10 Å². The summed E-state index contributed by atoms with van der Waals surface area (Å²) in [6.07, 6.45) is 4.86. The number of halogens is 1. The monoisotopic (exact) mass is 395 g/mol. The van der Waals surface area contributed by atoms with Crippen LogP contribution in [-0.4, -0.2) is 55.2 Å². The highest BCUT2D eigenvalue weighted by molar-refractivity contribution is 5.65. The van der Waals surface area contributed by atoms with Crippen molar-refractivity contribution in [3.8, 4) is 11.5 Å². The molecule has 0 bridgehead atoms. The van der Waals surface area contributed by atoms with Crippen molar-refractivity contribution < 1.29 is 41.0 Å². The highest BCUT2D eigenvalue weighted by Gasteiger charge is 2.54. The molecule has 4 unspecified atom stereocenters.